The molecule has 0 fully saturated rings. The number of anilines is 1. The SMILES string of the molecule is CCOC(=O)C1=NN(c2ccccc2Cl)C(=O)\C1=C/C=C/C=C/c1c(C(=O)OCC)nn(-c2ccccc2Cl)c1O. The highest BCUT2D eigenvalue weighted by Gasteiger charge is 2.36. The summed E-state index contributed by atoms with van der Waals surface area (Å²) in [5.74, 6) is -2.40. The van der Waals surface area contributed by atoms with Crippen LogP contribution in [0.25, 0.3) is 11.8 Å². The van der Waals surface area contributed by atoms with Crippen LogP contribution in [-0.4, -0.2) is 51.7 Å². The second-order valence-corrected chi connectivity index (χ2v) is 9.05. The van der Waals surface area contributed by atoms with Crippen LogP contribution in [0.3, 0.4) is 0 Å². The number of hydrazone groups is 1. The van der Waals surface area contributed by atoms with E-state index in [2.05, 4.69) is 10.2 Å². The molecule has 2 aromatic carbocycles. The molecule has 3 aromatic rings. The Hall–Kier alpha value is -4.67. The van der Waals surface area contributed by atoms with E-state index in [0.717, 1.165) is 9.69 Å². The minimum absolute atomic E-state index is 0.00498. The van der Waals surface area contributed by atoms with Gasteiger partial charge in [0.05, 0.1) is 45.8 Å². The Kier molecular flexibility index (Phi) is 9.38. The second-order valence-electron chi connectivity index (χ2n) is 8.23. The summed E-state index contributed by atoms with van der Waals surface area (Å²) in [6.45, 7) is 3.50. The van der Waals surface area contributed by atoms with Crippen LogP contribution >= 0.6 is 23.2 Å². The number of para-hydroxylation sites is 2. The summed E-state index contributed by atoms with van der Waals surface area (Å²) in [5, 5.41) is 20.9. The van der Waals surface area contributed by atoms with Crippen LogP contribution in [0.5, 0.6) is 5.88 Å². The van der Waals surface area contributed by atoms with Gasteiger partial charge in [-0.2, -0.15) is 19.9 Å². The van der Waals surface area contributed by atoms with E-state index >= 15 is 0 Å². The van der Waals surface area contributed by atoms with Crippen LogP contribution in [0.4, 0.5) is 5.69 Å². The standard InChI is InChI=1S/C29H24Cl2N4O6/c1-3-40-28(38)24-18(26(36)34(32-24)22-16-10-8-14-20(22)30)12-6-5-7-13-19-25(29(39)41-4-2)33-35(27(19)37)23-17-11-9-15-21(23)31/h5-17,36H,3-4H2,1-2H3/b7-5+,12-6+,19-13-. The highest BCUT2D eigenvalue weighted by Crippen LogP contribution is 2.31. The van der Waals surface area contributed by atoms with Gasteiger partial charge in [0.2, 0.25) is 5.88 Å². The molecule has 1 aromatic heterocycles. The summed E-state index contributed by atoms with van der Waals surface area (Å²) in [7, 11) is 0. The van der Waals surface area contributed by atoms with E-state index in [1.165, 1.54) is 30.4 Å². The van der Waals surface area contributed by atoms with Crippen LogP contribution in [0.1, 0.15) is 29.9 Å². The molecule has 0 radical (unpaired) electrons. The van der Waals surface area contributed by atoms with Gasteiger partial charge >= 0.3 is 11.9 Å². The molecule has 0 bridgehead atoms. The molecule has 41 heavy (non-hydrogen) atoms. The van der Waals surface area contributed by atoms with Crippen molar-refractivity contribution in [3.63, 3.8) is 0 Å². The summed E-state index contributed by atoms with van der Waals surface area (Å²) < 4.78 is 11.3. The van der Waals surface area contributed by atoms with Crippen molar-refractivity contribution in [1.29, 1.82) is 0 Å². The average Bonchev–Trinajstić information content (AvgIpc) is 3.46. The van der Waals surface area contributed by atoms with E-state index in [0.29, 0.717) is 16.4 Å². The van der Waals surface area contributed by atoms with Crippen molar-refractivity contribution in [1.82, 2.24) is 9.78 Å². The van der Waals surface area contributed by atoms with Crippen molar-refractivity contribution >= 4 is 58.5 Å². The van der Waals surface area contributed by atoms with Crippen molar-refractivity contribution in [2.24, 2.45) is 5.10 Å². The van der Waals surface area contributed by atoms with Crippen molar-refractivity contribution in [2.75, 3.05) is 18.2 Å². The first-order valence-electron chi connectivity index (χ1n) is 12.4. The number of esters is 2. The van der Waals surface area contributed by atoms with Crippen LogP contribution < -0.4 is 5.01 Å². The number of hydrogen-bond donors (Lipinski definition) is 1. The molecule has 210 valence electrons. The topological polar surface area (TPSA) is 123 Å². The third-order valence-electron chi connectivity index (χ3n) is 5.62. The lowest BCUT2D eigenvalue weighted by molar-refractivity contribution is -0.135. The maximum Gasteiger partial charge on any atom is 0.359 e. The number of carbonyl (C=O) groups excluding carboxylic acids is 3. The van der Waals surface area contributed by atoms with Gasteiger partial charge in [-0.05, 0) is 50.3 Å². The van der Waals surface area contributed by atoms with Crippen molar-refractivity contribution in [2.45, 2.75) is 13.8 Å². The minimum atomic E-state index is -0.762. The summed E-state index contributed by atoms with van der Waals surface area (Å²) in [6.07, 6.45) is 7.39. The zero-order chi connectivity index (χ0) is 29.5. The van der Waals surface area contributed by atoms with Gasteiger partial charge in [0.15, 0.2) is 11.4 Å². The van der Waals surface area contributed by atoms with Gasteiger partial charge in [0, 0.05) is 0 Å². The van der Waals surface area contributed by atoms with E-state index in [-0.39, 0.29) is 46.7 Å². The molecule has 0 unspecified atom stereocenters. The summed E-state index contributed by atoms with van der Waals surface area (Å²) >= 11 is 12.5. The number of hydrogen-bond acceptors (Lipinski definition) is 8. The highest BCUT2D eigenvalue weighted by molar-refractivity contribution is 6.53. The number of carbonyl (C=O) groups is 3. The first kappa shape index (κ1) is 29.3. The molecule has 4 rings (SSSR count). The number of rotatable bonds is 9. The Labute approximate surface area is 245 Å². The molecule has 1 aliphatic rings. The lowest BCUT2D eigenvalue weighted by atomic mass is 10.1. The van der Waals surface area contributed by atoms with Gasteiger partial charge in [0.1, 0.15) is 0 Å². The Bertz CT molecular complexity index is 1620. The van der Waals surface area contributed by atoms with Gasteiger partial charge < -0.3 is 14.6 Å². The number of aromatic nitrogens is 2. The maximum atomic E-state index is 13.2. The zero-order valence-corrected chi connectivity index (χ0v) is 23.5. The molecule has 0 atom stereocenters. The van der Waals surface area contributed by atoms with E-state index in [4.69, 9.17) is 32.7 Å². The lowest BCUT2D eigenvalue weighted by Crippen LogP contribution is -2.23. The molecule has 1 aliphatic heterocycles. The smallest absolute Gasteiger partial charge is 0.359 e. The fraction of sp³-hybridized carbons (Fsp3) is 0.138. The molecule has 2 heterocycles. The lowest BCUT2D eigenvalue weighted by Gasteiger charge is -2.12. The monoisotopic (exact) mass is 594 g/mol. The maximum absolute atomic E-state index is 13.2. The Morgan fingerprint density at radius 2 is 1.51 bits per heavy atom. The third-order valence-corrected chi connectivity index (χ3v) is 6.26. The predicted octanol–water partition coefficient (Wildman–Crippen LogP) is 5.52. The van der Waals surface area contributed by atoms with Gasteiger partial charge in [-0.25, -0.2) is 9.59 Å². The molecule has 1 N–H and O–H groups in total. The van der Waals surface area contributed by atoms with E-state index in [1.54, 1.807) is 62.4 Å². The molecule has 0 aliphatic carbocycles. The fourth-order valence-electron chi connectivity index (χ4n) is 3.79. The second kappa shape index (κ2) is 13.1. The van der Waals surface area contributed by atoms with Gasteiger partial charge in [-0.15, -0.1) is 0 Å². The van der Waals surface area contributed by atoms with Gasteiger partial charge in [-0.1, -0.05) is 65.7 Å². The largest absolute Gasteiger partial charge is 0.493 e. The van der Waals surface area contributed by atoms with Crippen LogP contribution in [0.15, 0.2) is 83.5 Å². The van der Waals surface area contributed by atoms with Crippen molar-refractivity contribution in [3.8, 4) is 11.6 Å². The Morgan fingerprint density at radius 1 is 0.902 bits per heavy atom. The van der Waals surface area contributed by atoms with Crippen molar-refractivity contribution in [3.05, 3.63) is 99.7 Å². The Morgan fingerprint density at radius 3 is 2.15 bits per heavy atom. The summed E-state index contributed by atoms with van der Waals surface area (Å²) in [5.41, 5.74) is 0.474. The van der Waals surface area contributed by atoms with Gasteiger partial charge in [0.25, 0.3) is 5.91 Å². The van der Waals surface area contributed by atoms with Crippen molar-refractivity contribution < 1.29 is 29.0 Å². The Balaban J connectivity index is 1.65. The number of benzene rings is 2. The molecule has 0 saturated carbocycles. The number of amides is 1. The average molecular weight is 595 g/mol. The number of allylic oxidation sites excluding steroid dienone is 4. The predicted molar refractivity (Wildman–Crippen MR) is 155 cm³/mol. The molecule has 12 heteroatoms. The molecule has 0 spiro atoms. The molecular formula is C29H24Cl2N4O6. The number of nitrogens with zero attached hydrogens (tertiary/aromatic N) is 4. The first-order valence-corrected chi connectivity index (χ1v) is 13.2. The number of halogens is 2. The molecular weight excluding hydrogens is 571 g/mol. The quantitative estimate of drug-likeness (QED) is 0.196. The van der Waals surface area contributed by atoms with Crippen LogP contribution in [0.2, 0.25) is 10.0 Å². The molecule has 1 amide bonds. The third kappa shape index (κ3) is 6.24. The number of aromatic hydroxyl groups is 1. The highest BCUT2D eigenvalue weighted by atomic mass is 35.5. The summed E-state index contributed by atoms with van der Waals surface area (Å²) in [4.78, 5) is 38.3. The normalized spacial score (nSPS) is 14.3. The zero-order valence-electron chi connectivity index (χ0n) is 22.0. The number of ether oxygens (including phenoxy) is 2. The van der Waals surface area contributed by atoms with E-state index in [9.17, 15) is 19.5 Å². The minimum Gasteiger partial charge on any atom is -0.493 e. The van der Waals surface area contributed by atoms with Crippen LogP contribution in [-0.2, 0) is 19.1 Å². The molecule has 0 saturated heterocycles. The van der Waals surface area contributed by atoms with Gasteiger partial charge in [-0.3, -0.25) is 4.79 Å². The van der Waals surface area contributed by atoms with E-state index in [1.807, 2.05) is 0 Å². The summed E-state index contributed by atoms with van der Waals surface area (Å²) in [6, 6.07) is 13.3. The van der Waals surface area contributed by atoms with Crippen LogP contribution in [0, 0.1) is 0 Å². The molecule has 10 nitrogen and oxygen atoms in total. The fourth-order valence-corrected chi connectivity index (χ4v) is 4.22. The van der Waals surface area contributed by atoms with E-state index < -0.39 is 17.8 Å². The first-order chi connectivity index (χ1) is 19.8.